The molecule has 2 aromatic carbocycles. The van der Waals surface area contributed by atoms with Crippen LogP contribution in [0.3, 0.4) is 0 Å². The molecule has 0 bridgehead atoms. The zero-order valence-electron chi connectivity index (χ0n) is 15.9. The van der Waals surface area contributed by atoms with E-state index in [0.717, 1.165) is 6.42 Å². The smallest absolute Gasteiger partial charge is 0.339 e. The Bertz CT molecular complexity index is 929. The number of nitrogens with zero attached hydrogens (tertiary/aromatic N) is 1. The summed E-state index contributed by atoms with van der Waals surface area (Å²) in [6.07, 6.45) is -0.0636. The van der Waals surface area contributed by atoms with E-state index in [2.05, 4.69) is 10.6 Å². The molecule has 3 rings (SSSR count). The van der Waals surface area contributed by atoms with Gasteiger partial charge in [-0.3, -0.25) is 14.9 Å². The molecule has 1 heterocycles. The van der Waals surface area contributed by atoms with Gasteiger partial charge in [-0.15, -0.1) is 0 Å². The van der Waals surface area contributed by atoms with Crippen molar-refractivity contribution in [3.63, 3.8) is 0 Å². The molecule has 1 atom stereocenters. The maximum Gasteiger partial charge on any atom is 0.339 e. The zero-order valence-corrected chi connectivity index (χ0v) is 15.9. The number of hydrogen-bond donors (Lipinski definition) is 2. The van der Waals surface area contributed by atoms with Gasteiger partial charge in [-0.05, 0) is 24.6 Å². The van der Waals surface area contributed by atoms with Crippen LogP contribution in [0.5, 0.6) is 0 Å². The molecule has 0 aliphatic carbocycles. The minimum Gasteiger partial charge on any atom is -0.444 e. The van der Waals surface area contributed by atoms with Crippen LogP contribution in [0.15, 0.2) is 54.6 Å². The average Bonchev–Trinajstić information content (AvgIpc) is 3.18. The molecule has 0 spiro atoms. The second kappa shape index (κ2) is 9.01. The third-order valence-electron chi connectivity index (χ3n) is 4.50. The Morgan fingerprint density at radius 1 is 1.07 bits per heavy atom. The lowest BCUT2D eigenvalue weighted by atomic mass is 10.1. The fourth-order valence-electron chi connectivity index (χ4n) is 3.04. The number of benzene rings is 2. The van der Waals surface area contributed by atoms with Crippen molar-refractivity contribution in [3.05, 3.63) is 65.7 Å². The standard InChI is InChI=1S/C21H21N3O5/c1-22-21(28)23-19(26)18(14-7-3-2-4-8-14)29-20(27)15-9-5-10-16(13-15)24-12-6-11-17(24)25/h2-5,7-10,13,18H,6,11-12H2,1H3,(H2,22,23,26,28)/t18-/m0/s1. The Labute approximate surface area is 167 Å². The zero-order chi connectivity index (χ0) is 20.8. The lowest BCUT2D eigenvalue weighted by Gasteiger charge is -2.19. The highest BCUT2D eigenvalue weighted by Crippen LogP contribution is 2.24. The van der Waals surface area contributed by atoms with Gasteiger partial charge in [0, 0.05) is 31.3 Å². The number of esters is 1. The van der Waals surface area contributed by atoms with Crippen LogP contribution in [0.1, 0.15) is 34.9 Å². The molecule has 8 nitrogen and oxygen atoms in total. The fraction of sp³-hybridized carbons (Fsp3) is 0.238. The summed E-state index contributed by atoms with van der Waals surface area (Å²) in [4.78, 5) is 50.3. The first-order valence-electron chi connectivity index (χ1n) is 9.18. The van der Waals surface area contributed by atoms with E-state index in [4.69, 9.17) is 4.74 Å². The summed E-state index contributed by atoms with van der Waals surface area (Å²) in [5, 5.41) is 4.41. The maximum absolute atomic E-state index is 12.7. The normalized spacial score (nSPS) is 14.2. The molecule has 8 heteroatoms. The Hall–Kier alpha value is -3.68. The van der Waals surface area contributed by atoms with Crippen LogP contribution in [-0.2, 0) is 14.3 Å². The number of carbonyl (C=O) groups excluding carboxylic acids is 4. The summed E-state index contributed by atoms with van der Waals surface area (Å²) in [5.41, 5.74) is 1.23. The number of amides is 4. The Kier molecular flexibility index (Phi) is 6.23. The Morgan fingerprint density at radius 3 is 2.48 bits per heavy atom. The number of anilines is 1. The van der Waals surface area contributed by atoms with Crippen LogP contribution in [0.25, 0.3) is 0 Å². The molecule has 1 aliphatic heterocycles. The quantitative estimate of drug-likeness (QED) is 0.755. The summed E-state index contributed by atoms with van der Waals surface area (Å²) < 4.78 is 5.44. The fourth-order valence-corrected chi connectivity index (χ4v) is 3.04. The van der Waals surface area contributed by atoms with Gasteiger partial charge in [0.1, 0.15) is 0 Å². The van der Waals surface area contributed by atoms with Crippen molar-refractivity contribution in [2.45, 2.75) is 18.9 Å². The Balaban J connectivity index is 1.82. The summed E-state index contributed by atoms with van der Waals surface area (Å²) in [5.74, 6) is -1.50. The predicted octanol–water partition coefficient (Wildman–Crippen LogP) is 2.17. The number of hydrogen-bond acceptors (Lipinski definition) is 5. The van der Waals surface area contributed by atoms with Gasteiger partial charge in [0.25, 0.3) is 5.91 Å². The Morgan fingerprint density at radius 2 is 1.83 bits per heavy atom. The summed E-state index contributed by atoms with van der Waals surface area (Å²) in [6.45, 7) is 0.596. The van der Waals surface area contributed by atoms with Crippen LogP contribution in [0, 0.1) is 0 Å². The SMILES string of the molecule is CNC(=O)NC(=O)[C@@H](OC(=O)c1cccc(N2CCCC2=O)c1)c1ccccc1. The number of rotatable bonds is 5. The van der Waals surface area contributed by atoms with Crippen LogP contribution in [0.2, 0.25) is 0 Å². The second-order valence-electron chi connectivity index (χ2n) is 6.46. The molecule has 29 heavy (non-hydrogen) atoms. The number of nitrogens with one attached hydrogen (secondary N) is 2. The second-order valence-corrected chi connectivity index (χ2v) is 6.46. The molecular formula is C21H21N3O5. The predicted molar refractivity (Wildman–Crippen MR) is 105 cm³/mol. The largest absolute Gasteiger partial charge is 0.444 e. The van der Waals surface area contributed by atoms with E-state index < -0.39 is 24.0 Å². The van der Waals surface area contributed by atoms with Gasteiger partial charge in [-0.25, -0.2) is 9.59 Å². The lowest BCUT2D eigenvalue weighted by Crippen LogP contribution is -2.41. The average molecular weight is 395 g/mol. The van der Waals surface area contributed by atoms with Crippen molar-refractivity contribution in [2.75, 3.05) is 18.5 Å². The summed E-state index contributed by atoms with van der Waals surface area (Å²) in [7, 11) is 1.37. The van der Waals surface area contributed by atoms with Crippen molar-refractivity contribution in [1.82, 2.24) is 10.6 Å². The van der Waals surface area contributed by atoms with Crippen LogP contribution >= 0.6 is 0 Å². The van der Waals surface area contributed by atoms with E-state index in [-0.39, 0.29) is 11.5 Å². The molecule has 2 N–H and O–H groups in total. The summed E-state index contributed by atoms with van der Waals surface area (Å²) >= 11 is 0. The minimum absolute atomic E-state index is 0.00244. The molecule has 4 amide bonds. The summed E-state index contributed by atoms with van der Waals surface area (Å²) in [6, 6.07) is 14.2. The highest BCUT2D eigenvalue weighted by atomic mass is 16.5. The highest BCUT2D eigenvalue weighted by molar-refractivity contribution is 6.00. The maximum atomic E-state index is 12.7. The first-order chi connectivity index (χ1) is 14.0. The van der Waals surface area contributed by atoms with Gasteiger partial charge in [0.05, 0.1) is 5.56 Å². The first kappa shape index (κ1) is 20.1. The monoisotopic (exact) mass is 395 g/mol. The van der Waals surface area contributed by atoms with Crippen LogP contribution < -0.4 is 15.5 Å². The molecule has 2 aromatic rings. The third-order valence-corrected chi connectivity index (χ3v) is 4.50. The van der Waals surface area contributed by atoms with E-state index in [0.29, 0.717) is 24.2 Å². The van der Waals surface area contributed by atoms with Crippen molar-refractivity contribution in [3.8, 4) is 0 Å². The van der Waals surface area contributed by atoms with Gasteiger partial charge in [0.15, 0.2) is 0 Å². The molecule has 0 aromatic heterocycles. The number of imide groups is 1. The van der Waals surface area contributed by atoms with Crippen molar-refractivity contribution in [1.29, 1.82) is 0 Å². The van der Waals surface area contributed by atoms with Crippen molar-refractivity contribution >= 4 is 29.5 Å². The van der Waals surface area contributed by atoms with Gasteiger partial charge in [-0.2, -0.15) is 0 Å². The third kappa shape index (κ3) is 4.78. The van der Waals surface area contributed by atoms with Crippen molar-refractivity contribution < 1.29 is 23.9 Å². The number of urea groups is 1. The van der Waals surface area contributed by atoms with Crippen molar-refractivity contribution in [2.24, 2.45) is 0 Å². The molecule has 0 saturated carbocycles. The molecule has 0 unspecified atom stereocenters. The molecule has 1 fully saturated rings. The molecule has 150 valence electrons. The topological polar surface area (TPSA) is 105 Å². The highest BCUT2D eigenvalue weighted by Gasteiger charge is 2.28. The van der Waals surface area contributed by atoms with E-state index in [9.17, 15) is 19.2 Å². The van der Waals surface area contributed by atoms with Crippen LogP contribution in [-0.4, -0.2) is 37.4 Å². The van der Waals surface area contributed by atoms with E-state index in [1.54, 1.807) is 59.5 Å². The molecule has 1 aliphatic rings. The lowest BCUT2D eigenvalue weighted by molar-refractivity contribution is -0.129. The molecule has 0 radical (unpaired) electrons. The van der Waals surface area contributed by atoms with Gasteiger partial charge < -0.3 is 15.0 Å². The van der Waals surface area contributed by atoms with E-state index in [1.807, 2.05) is 0 Å². The number of ether oxygens (including phenoxy) is 1. The molecular weight excluding hydrogens is 374 g/mol. The minimum atomic E-state index is -1.31. The van der Waals surface area contributed by atoms with Gasteiger partial charge >= 0.3 is 12.0 Å². The van der Waals surface area contributed by atoms with E-state index >= 15 is 0 Å². The van der Waals surface area contributed by atoms with Crippen LogP contribution in [0.4, 0.5) is 10.5 Å². The van der Waals surface area contributed by atoms with E-state index in [1.165, 1.54) is 7.05 Å². The van der Waals surface area contributed by atoms with Gasteiger partial charge in [-0.1, -0.05) is 36.4 Å². The first-order valence-corrected chi connectivity index (χ1v) is 9.18. The van der Waals surface area contributed by atoms with Gasteiger partial charge in [0.2, 0.25) is 12.0 Å². The number of carbonyl (C=O) groups is 4. The molecule has 1 saturated heterocycles.